The molecular weight excluding hydrogens is 913 g/mol. The van der Waals surface area contributed by atoms with Gasteiger partial charge in [-0.1, -0.05) is 95.7 Å². The fourth-order valence-corrected chi connectivity index (χ4v) is 7.84. The van der Waals surface area contributed by atoms with Gasteiger partial charge in [-0.2, -0.15) is 0 Å². The Morgan fingerprint density at radius 3 is 2.11 bits per heavy atom. The van der Waals surface area contributed by atoms with Crippen LogP contribution in [0.1, 0.15) is 99.6 Å². The number of nitrogens with zero attached hydrogens (tertiary/aromatic N) is 2. The maximum Gasteiger partial charge on any atom is 0.407 e. The molecule has 6 amide bonds. The lowest BCUT2D eigenvalue weighted by atomic mass is 9.90. The van der Waals surface area contributed by atoms with Crippen molar-refractivity contribution in [3.8, 4) is 5.75 Å². The van der Waals surface area contributed by atoms with Gasteiger partial charge in [0.05, 0.1) is 6.54 Å². The minimum absolute atomic E-state index is 0.0599. The second kappa shape index (κ2) is 28.2. The Morgan fingerprint density at radius 1 is 0.873 bits per heavy atom. The molecule has 3 rings (SSSR count). The summed E-state index contributed by atoms with van der Waals surface area (Å²) in [5.74, 6) is -6.17. The molecule has 0 unspecified atom stereocenters. The lowest BCUT2D eigenvalue weighted by Gasteiger charge is -2.33. The number of rotatable bonds is 11. The van der Waals surface area contributed by atoms with Gasteiger partial charge in [0, 0.05) is 45.0 Å². The molecule has 71 heavy (non-hydrogen) atoms. The number of amides is 6. The topological polar surface area (TPSA) is 239 Å². The highest BCUT2D eigenvalue weighted by atomic mass is 16.6. The van der Waals surface area contributed by atoms with E-state index in [0.29, 0.717) is 18.4 Å². The van der Waals surface area contributed by atoms with Gasteiger partial charge in [-0.15, -0.1) is 0 Å². The molecule has 2 aromatic carbocycles. The van der Waals surface area contributed by atoms with E-state index in [1.54, 1.807) is 70.2 Å². The van der Waals surface area contributed by atoms with Crippen molar-refractivity contribution in [2.75, 3.05) is 27.2 Å². The van der Waals surface area contributed by atoms with Crippen molar-refractivity contribution in [2.45, 2.75) is 144 Å². The van der Waals surface area contributed by atoms with Crippen LogP contribution in [0.15, 0.2) is 77.9 Å². The third-order valence-electron chi connectivity index (χ3n) is 12.7. The third kappa shape index (κ3) is 18.2. The number of carbonyl (C=O) groups excluding carboxylic acids is 8. The summed E-state index contributed by atoms with van der Waals surface area (Å²) in [6, 6.07) is 10.8. The van der Waals surface area contributed by atoms with Crippen molar-refractivity contribution in [3.63, 3.8) is 0 Å². The Morgan fingerprint density at radius 2 is 1.51 bits per heavy atom. The first-order valence-corrected chi connectivity index (χ1v) is 24.4. The van der Waals surface area contributed by atoms with Crippen LogP contribution in [0, 0.1) is 17.8 Å². The molecule has 1 aliphatic heterocycles. The van der Waals surface area contributed by atoms with E-state index in [2.05, 4.69) is 21.3 Å². The number of phenols is 1. The van der Waals surface area contributed by atoms with Crippen LogP contribution in [0.4, 0.5) is 4.79 Å². The number of phenolic OH excluding ortho intramolecular Hbond substituents is 1. The maximum absolute atomic E-state index is 14.3. The van der Waals surface area contributed by atoms with Gasteiger partial charge in [0.1, 0.15) is 42.1 Å². The van der Waals surface area contributed by atoms with E-state index in [1.807, 2.05) is 26.8 Å². The summed E-state index contributed by atoms with van der Waals surface area (Å²) in [6.45, 7) is 16.5. The SMILES string of the molecule is C/C=C(\C)[C@H]1OC(=O)[C@@H](C)NC(=O)[C@H]([C@H](C)CC)NC(=O)CN(C)C(=O)[C@@H](Cc2ccccc2)N(C)C(=O)[C@H](C)NC(=O)[C@@H](CC(C)C)OC(=O)/C(C)=C/C[C@H](OC(=O)NCCc2ccc(O)cc2)[C@@H]1C. The highest BCUT2D eigenvalue weighted by molar-refractivity contribution is 5.96. The smallest absolute Gasteiger partial charge is 0.407 e. The van der Waals surface area contributed by atoms with Gasteiger partial charge in [-0.25, -0.2) is 14.4 Å². The van der Waals surface area contributed by atoms with Gasteiger partial charge >= 0.3 is 18.0 Å². The lowest BCUT2D eigenvalue weighted by Crippen LogP contribution is -2.57. The molecule has 2 aromatic rings. The van der Waals surface area contributed by atoms with Crippen LogP contribution in [0.3, 0.4) is 0 Å². The predicted octanol–water partition coefficient (Wildman–Crippen LogP) is 4.92. The largest absolute Gasteiger partial charge is 0.508 e. The number of hydrogen-bond donors (Lipinski definition) is 5. The number of esters is 2. The highest BCUT2D eigenvalue weighted by Crippen LogP contribution is 2.26. The third-order valence-corrected chi connectivity index (χ3v) is 12.7. The number of nitrogens with one attached hydrogen (secondary N) is 4. The Kier molecular flexibility index (Phi) is 23.3. The normalized spacial score (nSPS) is 25.7. The average molecular weight is 989 g/mol. The van der Waals surface area contributed by atoms with Crippen LogP contribution in [0.5, 0.6) is 5.75 Å². The van der Waals surface area contributed by atoms with Crippen molar-refractivity contribution in [2.24, 2.45) is 17.8 Å². The second-order valence-electron chi connectivity index (χ2n) is 18.9. The van der Waals surface area contributed by atoms with Crippen LogP contribution in [-0.2, 0) is 60.6 Å². The fourth-order valence-electron chi connectivity index (χ4n) is 7.84. The van der Waals surface area contributed by atoms with Crippen molar-refractivity contribution < 1.29 is 57.7 Å². The number of aromatic hydroxyl groups is 1. The summed E-state index contributed by atoms with van der Waals surface area (Å²) in [6.07, 6.45) is 0.0495. The first-order chi connectivity index (χ1) is 33.5. The van der Waals surface area contributed by atoms with E-state index in [9.17, 15) is 43.5 Å². The van der Waals surface area contributed by atoms with E-state index in [1.165, 1.54) is 58.0 Å². The van der Waals surface area contributed by atoms with Crippen molar-refractivity contribution >= 4 is 47.6 Å². The Bertz CT molecular complexity index is 2210. The number of benzene rings is 2. The molecule has 390 valence electrons. The molecule has 0 spiro atoms. The number of carbonyl (C=O) groups is 8. The van der Waals surface area contributed by atoms with Gasteiger partial charge in [-0.3, -0.25) is 24.0 Å². The molecule has 0 aliphatic carbocycles. The van der Waals surface area contributed by atoms with Gasteiger partial charge in [0.2, 0.25) is 23.6 Å². The molecule has 0 fully saturated rings. The fraction of sp³-hybridized carbons (Fsp3) is 0.547. The van der Waals surface area contributed by atoms with Gasteiger partial charge in [0.25, 0.3) is 5.91 Å². The molecule has 5 N–H and O–H groups in total. The molecule has 1 heterocycles. The summed E-state index contributed by atoms with van der Waals surface area (Å²) in [5, 5.41) is 20.5. The zero-order chi connectivity index (χ0) is 53.1. The van der Waals surface area contributed by atoms with Gasteiger partial charge < -0.3 is 50.4 Å². The van der Waals surface area contributed by atoms with Gasteiger partial charge in [0.15, 0.2) is 6.10 Å². The Hall–Kier alpha value is -6.72. The number of hydrogen-bond acceptors (Lipinski definition) is 12. The summed E-state index contributed by atoms with van der Waals surface area (Å²) >= 11 is 0. The molecule has 0 bridgehead atoms. The van der Waals surface area contributed by atoms with E-state index in [4.69, 9.17) is 14.2 Å². The molecule has 0 saturated heterocycles. The monoisotopic (exact) mass is 989 g/mol. The molecule has 18 nitrogen and oxygen atoms in total. The van der Waals surface area contributed by atoms with E-state index < -0.39 is 108 Å². The van der Waals surface area contributed by atoms with Crippen molar-refractivity contribution in [1.82, 2.24) is 31.1 Å². The molecule has 9 atom stereocenters. The van der Waals surface area contributed by atoms with Crippen molar-refractivity contribution in [3.05, 3.63) is 89.0 Å². The second-order valence-corrected chi connectivity index (χ2v) is 18.9. The minimum atomic E-state index is -1.33. The first kappa shape index (κ1) is 58.6. The first-order valence-electron chi connectivity index (χ1n) is 24.4. The van der Waals surface area contributed by atoms with E-state index in [0.717, 1.165) is 16.0 Å². The quantitative estimate of drug-likeness (QED) is 0.115. The number of alkyl carbamates (subject to hydrolysis) is 1. The molecular formula is C53H76N6O12. The Balaban J connectivity index is 2.09. The molecule has 1 aliphatic rings. The highest BCUT2D eigenvalue weighted by Gasteiger charge is 2.37. The summed E-state index contributed by atoms with van der Waals surface area (Å²) < 4.78 is 17.9. The molecule has 0 saturated carbocycles. The lowest BCUT2D eigenvalue weighted by molar-refractivity contribution is -0.155. The van der Waals surface area contributed by atoms with Crippen LogP contribution in [0.25, 0.3) is 0 Å². The summed E-state index contributed by atoms with van der Waals surface area (Å²) in [5.41, 5.74) is 2.24. The average Bonchev–Trinajstić information content (AvgIpc) is 3.33. The zero-order valence-corrected chi connectivity index (χ0v) is 43.4. The minimum Gasteiger partial charge on any atom is -0.508 e. The Labute approximate surface area is 418 Å². The van der Waals surface area contributed by atoms with E-state index in [-0.39, 0.29) is 43.0 Å². The number of likely N-dealkylation sites (N-methyl/N-ethyl adjacent to an activating group) is 2. The maximum atomic E-state index is 14.3. The van der Waals surface area contributed by atoms with E-state index >= 15 is 0 Å². The van der Waals surface area contributed by atoms with Crippen LogP contribution in [-0.4, -0.2) is 132 Å². The molecule has 18 heteroatoms. The molecule has 0 aromatic heterocycles. The zero-order valence-electron chi connectivity index (χ0n) is 43.4. The number of ether oxygens (including phenoxy) is 3. The number of cyclic esters (lactones) is 2. The van der Waals surface area contributed by atoms with Crippen molar-refractivity contribution in [1.29, 1.82) is 0 Å². The summed E-state index contributed by atoms with van der Waals surface area (Å²) in [7, 11) is 2.83. The standard InChI is InChI=1S/C53H76N6O12/c1-13-32(5)45-48(63)56-37(10)52(67)71-46(33(6)14-2)35(8)42(70-53(68)54-27-26-38-21-23-40(60)24-22-38)25-20-34(7)51(66)69-43(28-31(3)4)47(62)55-36(9)49(64)59(12)41(29-39-18-16-15-17-19-39)50(65)58(11)30-44(61)57-45/h14-24,31-32,35-37,41-43,45-46,60H,13,25-30H2,1-12H3,(H,54,68)(H,55,62)(H,56,63)(H,57,61)/b33-14+,34-20+/t32-,35+,36+,37-,41-,42+,43-,45+,46-/m1/s1. The van der Waals surface area contributed by atoms with Crippen LogP contribution < -0.4 is 21.3 Å². The predicted molar refractivity (Wildman–Crippen MR) is 267 cm³/mol. The molecule has 0 radical (unpaired) electrons. The number of allylic oxidation sites excluding steroid dienone is 1. The van der Waals surface area contributed by atoms with Crippen LogP contribution >= 0.6 is 0 Å². The van der Waals surface area contributed by atoms with Gasteiger partial charge in [-0.05, 0) is 88.1 Å². The van der Waals surface area contributed by atoms with Crippen LogP contribution in [0.2, 0.25) is 0 Å². The summed E-state index contributed by atoms with van der Waals surface area (Å²) in [4.78, 5) is 113.